The molecular weight excluding hydrogens is 165 g/mol. The summed E-state index contributed by atoms with van der Waals surface area (Å²) in [4.78, 5) is 0. The van der Waals surface area contributed by atoms with Crippen LogP contribution in [0.4, 0.5) is 10.1 Å². The van der Waals surface area contributed by atoms with Crippen LogP contribution in [0.3, 0.4) is 0 Å². The van der Waals surface area contributed by atoms with Crippen molar-refractivity contribution >= 4 is 5.69 Å². The largest absolute Gasteiger partial charge is 0.398 e. The maximum Gasteiger partial charge on any atom is 0.123 e. The van der Waals surface area contributed by atoms with Gasteiger partial charge in [-0.05, 0) is 35.6 Å². The lowest BCUT2D eigenvalue weighted by Crippen LogP contribution is -2.05. The van der Waals surface area contributed by atoms with Crippen LogP contribution in [0.5, 0.6) is 0 Å². The van der Waals surface area contributed by atoms with E-state index in [-0.39, 0.29) is 5.82 Å². The number of anilines is 1. The highest BCUT2D eigenvalue weighted by molar-refractivity contribution is 5.48. The van der Waals surface area contributed by atoms with Gasteiger partial charge >= 0.3 is 0 Å². The second kappa shape index (κ2) is 3.77. The molecule has 0 aliphatic heterocycles. The SMILES string of the molecule is CC(C)C(C)c1cc(F)ccc1N. The second-order valence-electron chi connectivity index (χ2n) is 3.81. The zero-order valence-corrected chi connectivity index (χ0v) is 8.34. The average molecular weight is 181 g/mol. The van der Waals surface area contributed by atoms with E-state index >= 15 is 0 Å². The molecule has 13 heavy (non-hydrogen) atoms. The summed E-state index contributed by atoms with van der Waals surface area (Å²) >= 11 is 0. The summed E-state index contributed by atoms with van der Waals surface area (Å²) in [6, 6.07) is 4.55. The molecule has 1 rings (SSSR count). The monoisotopic (exact) mass is 181 g/mol. The summed E-state index contributed by atoms with van der Waals surface area (Å²) in [5, 5.41) is 0. The van der Waals surface area contributed by atoms with Gasteiger partial charge in [-0.15, -0.1) is 0 Å². The van der Waals surface area contributed by atoms with Crippen LogP contribution in [0, 0.1) is 11.7 Å². The minimum Gasteiger partial charge on any atom is -0.398 e. The standard InChI is InChI=1S/C11H16FN/c1-7(2)8(3)10-6-9(12)4-5-11(10)13/h4-8H,13H2,1-3H3. The van der Waals surface area contributed by atoms with Gasteiger partial charge in [0, 0.05) is 5.69 Å². The number of hydrogen-bond acceptors (Lipinski definition) is 1. The van der Waals surface area contributed by atoms with Gasteiger partial charge in [0.15, 0.2) is 0 Å². The number of nitrogens with two attached hydrogens (primary N) is 1. The van der Waals surface area contributed by atoms with Gasteiger partial charge in [0.05, 0.1) is 0 Å². The van der Waals surface area contributed by atoms with Crippen LogP contribution in [0.15, 0.2) is 18.2 Å². The minimum atomic E-state index is -0.211. The molecule has 0 aliphatic carbocycles. The Labute approximate surface area is 78.8 Å². The molecule has 2 heteroatoms. The second-order valence-corrected chi connectivity index (χ2v) is 3.81. The van der Waals surface area contributed by atoms with Crippen LogP contribution in [0.1, 0.15) is 32.3 Å². The van der Waals surface area contributed by atoms with Crippen LogP contribution < -0.4 is 5.73 Å². The fraction of sp³-hybridized carbons (Fsp3) is 0.455. The molecular formula is C11H16FN. The third-order valence-corrected chi connectivity index (χ3v) is 2.54. The van der Waals surface area contributed by atoms with Crippen molar-refractivity contribution in [2.75, 3.05) is 5.73 Å². The molecule has 1 atom stereocenters. The Morgan fingerprint density at radius 2 is 1.85 bits per heavy atom. The molecule has 0 fully saturated rings. The van der Waals surface area contributed by atoms with Crippen LogP contribution in [0.25, 0.3) is 0 Å². The normalized spacial score (nSPS) is 13.3. The molecule has 1 aromatic carbocycles. The van der Waals surface area contributed by atoms with Gasteiger partial charge in [0.2, 0.25) is 0 Å². The number of nitrogen functional groups attached to an aromatic ring is 1. The van der Waals surface area contributed by atoms with Crippen molar-refractivity contribution < 1.29 is 4.39 Å². The van der Waals surface area contributed by atoms with Crippen molar-refractivity contribution in [1.29, 1.82) is 0 Å². The Morgan fingerprint density at radius 3 is 2.38 bits per heavy atom. The Morgan fingerprint density at radius 1 is 1.23 bits per heavy atom. The lowest BCUT2D eigenvalue weighted by molar-refractivity contribution is 0.531. The Balaban J connectivity index is 3.05. The van der Waals surface area contributed by atoms with E-state index in [1.165, 1.54) is 12.1 Å². The zero-order chi connectivity index (χ0) is 10.0. The van der Waals surface area contributed by atoms with Crippen molar-refractivity contribution in [3.05, 3.63) is 29.6 Å². The number of hydrogen-bond donors (Lipinski definition) is 1. The highest BCUT2D eigenvalue weighted by atomic mass is 19.1. The maximum atomic E-state index is 12.9. The van der Waals surface area contributed by atoms with Crippen molar-refractivity contribution in [3.63, 3.8) is 0 Å². The fourth-order valence-electron chi connectivity index (χ4n) is 1.30. The molecule has 1 nitrogen and oxygen atoms in total. The van der Waals surface area contributed by atoms with Crippen LogP contribution >= 0.6 is 0 Å². The van der Waals surface area contributed by atoms with E-state index < -0.39 is 0 Å². The van der Waals surface area contributed by atoms with E-state index in [4.69, 9.17) is 5.73 Å². The number of benzene rings is 1. The molecule has 0 spiro atoms. The minimum absolute atomic E-state index is 0.211. The van der Waals surface area contributed by atoms with Gasteiger partial charge in [-0.3, -0.25) is 0 Å². The van der Waals surface area contributed by atoms with Crippen molar-refractivity contribution in [2.24, 2.45) is 5.92 Å². The lowest BCUT2D eigenvalue weighted by atomic mass is 9.89. The highest BCUT2D eigenvalue weighted by Crippen LogP contribution is 2.28. The van der Waals surface area contributed by atoms with Gasteiger partial charge < -0.3 is 5.73 Å². The zero-order valence-electron chi connectivity index (χ0n) is 8.34. The summed E-state index contributed by atoms with van der Waals surface area (Å²) < 4.78 is 12.9. The Kier molecular flexibility index (Phi) is 2.91. The smallest absolute Gasteiger partial charge is 0.123 e. The summed E-state index contributed by atoms with van der Waals surface area (Å²) in [7, 11) is 0. The van der Waals surface area contributed by atoms with Crippen molar-refractivity contribution in [3.8, 4) is 0 Å². The molecule has 0 bridgehead atoms. The van der Waals surface area contributed by atoms with Crippen molar-refractivity contribution in [2.45, 2.75) is 26.7 Å². The molecule has 0 saturated heterocycles. The first-order chi connectivity index (χ1) is 6.02. The Bertz CT molecular complexity index is 294. The molecule has 0 saturated carbocycles. The highest BCUT2D eigenvalue weighted by Gasteiger charge is 2.13. The summed E-state index contributed by atoms with van der Waals surface area (Å²) in [6.07, 6.45) is 0. The van der Waals surface area contributed by atoms with Gasteiger partial charge in [0.1, 0.15) is 5.82 Å². The quantitative estimate of drug-likeness (QED) is 0.697. The van der Waals surface area contributed by atoms with Crippen LogP contribution in [-0.4, -0.2) is 0 Å². The van der Waals surface area contributed by atoms with Crippen LogP contribution in [-0.2, 0) is 0 Å². The first-order valence-corrected chi connectivity index (χ1v) is 4.57. The van der Waals surface area contributed by atoms with E-state index in [9.17, 15) is 4.39 Å². The van der Waals surface area contributed by atoms with E-state index in [0.29, 0.717) is 17.5 Å². The molecule has 0 amide bonds. The maximum absolute atomic E-state index is 12.9. The summed E-state index contributed by atoms with van der Waals surface area (Å²) in [5.41, 5.74) is 7.36. The van der Waals surface area contributed by atoms with E-state index in [0.717, 1.165) is 5.56 Å². The first-order valence-electron chi connectivity index (χ1n) is 4.57. The van der Waals surface area contributed by atoms with Crippen molar-refractivity contribution in [1.82, 2.24) is 0 Å². The molecule has 0 radical (unpaired) electrons. The fourth-order valence-corrected chi connectivity index (χ4v) is 1.30. The third kappa shape index (κ3) is 2.20. The average Bonchev–Trinajstić information content (AvgIpc) is 2.08. The predicted octanol–water partition coefficient (Wildman–Crippen LogP) is 3.17. The molecule has 2 N–H and O–H groups in total. The molecule has 0 aromatic heterocycles. The first kappa shape index (κ1) is 10.0. The summed E-state index contributed by atoms with van der Waals surface area (Å²) in [5.74, 6) is 0.566. The number of rotatable bonds is 2. The molecule has 72 valence electrons. The molecule has 0 heterocycles. The Hall–Kier alpha value is -1.05. The molecule has 1 unspecified atom stereocenters. The van der Waals surface area contributed by atoms with Gasteiger partial charge in [-0.25, -0.2) is 4.39 Å². The van der Waals surface area contributed by atoms with E-state index in [1.807, 2.05) is 0 Å². The van der Waals surface area contributed by atoms with Crippen LogP contribution in [0.2, 0.25) is 0 Å². The summed E-state index contributed by atoms with van der Waals surface area (Å²) in [6.45, 7) is 6.28. The van der Waals surface area contributed by atoms with Gasteiger partial charge in [0.25, 0.3) is 0 Å². The lowest BCUT2D eigenvalue weighted by Gasteiger charge is -2.17. The molecule has 1 aromatic rings. The molecule has 0 aliphatic rings. The number of halogens is 1. The van der Waals surface area contributed by atoms with Gasteiger partial charge in [-0.1, -0.05) is 20.8 Å². The van der Waals surface area contributed by atoms with Gasteiger partial charge in [-0.2, -0.15) is 0 Å². The van der Waals surface area contributed by atoms with E-state index in [2.05, 4.69) is 20.8 Å². The third-order valence-electron chi connectivity index (χ3n) is 2.54. The van der Waals surface area contributed by atoms with E-state index in [1.54, 1.807) is 6.07 Å². The predicted molar refractivity (Wildman–Crippen MR) is 54.1 cm³/mol. The topological polar surface area (TPSA) is 26.0 Å².